The van der Waals surface area contributed by atoms with Crippen LogP contribution < -0.4 is 10.0 Å². The summed E-state index contributed by atoms with van der Waals surface area (Å²) in [5, 5.41) is 2.63. The Labute approximate surface area is 134 Å². The van der Waals surface area contributed by atoms with Crippen molar-refractivity contribution in [3.63, 3.8) is 0 Å². The van der Waals surface area contributed by atoms with Gasteiger partial charge >= 0.3 is 0 Å². The van der Waals surface area contributed by atoms with Gasteiger partial charge in [0.2, 0.25) is 21.8 Å². The van der Waals surface area contributed by atoms with E-state index < -0.39 is 28.3 Å². The SMILES string of the molecule is CC(C)NC(=O)CN(C)C(=O)CNS(=O)(=O)c1ccc(F)cc1. The van der Waals surface area contributed by atoms with Crippen molar-refractivity contribution >= 4 is 21.8 Å². The topological polar surface area (TPSA) is 95.6 Å². The van der Waals surface area contributed by atoms with E-state index in [4.69, 9.17) is 0 Å². The standard InChI is InChI=1S/C14H20FN3O4S/c1-10(2)17-13(19)9-18(3)14(20)8-16-23(21,22)12-6-4-11(15)5-7-12/h4-7,10,16H,8-9H2,1-3H3,(H,17,19). The molecule has 0 bridgehead atoms. The molecule has 0 unspecified atom stereocenters. The van der Waals surface area contributed by atoms with Crippen LogP contribution in [0.15, 0.2) is 29.2 Å². The van der Waals surface area contributed by atoms with Crippen molar-refractivity contribution in [3.05, 3.63) is 30.1 Å². The van der Waals surface area contributed by atoms with Crippen LogP contribution in [0, 0.1) is 5.82 Å². The zero-order valence-electron chi connectivity index (χ0n) is 13.2. The molecule has 0 fully saturated rings. The van der Waals surface area contributed by atoms with E-state index in [1.54, 1.807) is 13.8 Å². The maximum absolute atomic E-state index is 12.8. The van der Waals surface area contributed by atoms with E-state index in [-0.39, 0.29) is 23.4 Å². The lowest BCUT2D eigenvalue weighted by Gasteiger charge is -2.18. The number of carbonyl (C=O) groups is 2. The molecule has 0 aliphatic carbocycles. The molecule has 1 rings (SSSR count). The molecule has 0 aromatic heterocycles. The van der Waals surface area contributed by atoms with Gasteiger partial charge in [-0.15, -0.1) is 0 Å². The number of benzene rings is 1. The van der Waals surface area contributed by atoms with Crippen LogP contribution in [0.4, 0.5) is 4.39 Å². The molecule has 0 spiro atoms. The molecule has 1 aromatic carbocycles. The highest BCUT2D eigenvalue weighted by Crippen LogP contribution is 2.09. The van der Waals surface area contributed by atoms with E-state index in [0.29, 0.717) is 0 Å². The predicted molar refractivity (Wildman–Crippen MR) is 82.5 cm³/mol. The minimum Gasteiger partial charge on any atom is -0.352 e. The highest BCUT2D eigenvalue weighted by atomic mass is 32.2. The Morgan fingerprint density at radius 3 is 2.30 bits per heavy atom. The zero-order valence-corrected chi connectivity index (χ0v) is 14.0. The van der Waals surface area contributed by atoms with Gasteiger partial charge in [-0.3, -0.25) is 9.59 Å². The van der Waals surface area contributed by atoms with E-state index in [2.05, 4.69) is 10.0 Å². The molecular formula is C14H20FN3O4S. The normalized spacial score (nSPS) is 11.3. The summed E-state index contributed by atoms with van der Waals surface area (Å²) in [6.07, 6.45) is 0. The van der Waals surface area contributed by atoms with Crippen molar-refractivity contribution in [1.82, 2.24) is 14.9 Å². The Kier molecular flexibility index (Phi) is 6.64. The van der Waals surface area contributed by atoms with E-state index in [1.807, 2.05) is 0 Å². The maximum Gasteiger partial charge on any atom is 0.241 e. The minimum atomic E-state index is -3.92. The summed E-state index contributed by atoms with van der Waals surface area (Å²) in [4.78, 5) is 24.4. The number of nitrogens with one attached hydrogen (secondary N) is 2. The monoisotopic (exact) mass is 345 g/mol. The molecule has 0 radical (unpaired) electrons. The fraction of sp³-hybridized carbons (Fsp3) is 0.429. The van der Waals surface area contributed by atoms with Crippen LogP contribution in [-0.4, -0.2) is 51.3 Å². The third kappa shape index (κ3) is 6.33. The van der Waals surface area contributed by atoms with Gasteiger partial charge in [-0.1, -0.05) is 0 Å². The lowest BCUT2D eigenvalue weighted by molar-refractivity contribution is -0.134. The van der Waals surface area contributed by atoms with Gasteiger partial charge in [0.05, 0.1) is 18.0 Å². The van der Waals surface area contributed by atoms with Crippen LogP contribution in [-0.2, 0) is 19.6 Å². The first kappa shape index (κ1) is 19.0. The molecule has 128 valence electrons. The van der Waals surface area contributed by atoms with Crippen LogP contribution in [0.5, 0.6) is 0 Å². The molecule has 0 aliphatic heterocycles. The van der Waals surface area contributed by atoms with Gasteiger partial charge < -0.3 is 10.2 Å². The fourth-order valence-electron chi connectivity index (χ4n) is 1.66. The number of nitrogens with zero attached hydrogens (tertiary/aromatic N) is 1. The number of amides is 2. The quantitative estimate of drug-likeness (QED) is 0.732. The van der Waals surface area contributed by atoms with Gasteiger partial charge in [0.25, 0.3) is 0 Å². The van der Waals surface area contributed by atoms with E-state index in [0.717, 1.165) is 29.2 Å². The molecule has 1 aromatic rings. The number of halogens is 1. The molecule has 2 N–H and O–H groups in total. The average molecular weight is 345 g/mol. The molecule has 0 atom stereocenters. The first-order valence-corrected chi connectivity index (χ1v) is 8.38. The van der Waals surface area contributed by atoms with Crippen molar-refractivity contribution < 1.29 is 22.4 Å². The van der Waals surface area contributed by atoms with Gasteiger partial charge in [0.1, 0.15) is 5.82 Å². The number of rotatable bonds is 7. The number of hydrogen-bond donors (Lipinski definition) is 2. The largest absolute Gasteiger partial charge is 0.352 e. The van der Waals surface area contributed by atoms with Gasteiger partial charge in [0.15, 0.2) is 0 Å². The van der Waals surface area contributed by atoms with Crippen LogP contribution in [0.1, 0.15) is 13.8 Å². The van der Waals surface area contributed by atoms with E-state index in [1.165, 1.54) is 7.05 Å². The Balaban J connectivity index is 2.57. The lowest BCUT2D eigenvalue weighted by atomic mass is 10.4. The van der Waals surface area contributed by atoms with Crippen LogP contribution in [0.3, 0.4) is 0 Å². The molecular weight excluding hydrogens is 325 g/mol. The summed E-state index contributed by atoms with van der Waals surface area (Å²) in [5.74, 6) is -1.46. The molecule has 23 heavy (non-hydrogen) atoms. The summed E-state index contributed by atoms with van der Waals surface area (Å²) >= 11 is 0. The smallest absolute Gasteiger partial charge is 0.241 e. The molecule has 0 saturated carbocycles. The third-order valence-corrected chi connectivity index (χ3v) is 4.21. The van der Waals surface area contributed by atoms with Crippen LogP contribution >= 0.6 is 0 Å². The first-order valence-electron chi connectivity index (χ1n) is 6.90. The maximum atomic E-state index is 12.8. The lowest BCUT2D eigenvalue weighted by Crippen LogP contribution is -2.44. The summed E-state index contributed by atoms with van der Waals surface area (Å²) in [5.41, 5.74) is 0. The van der Waals surface area contributed by atoms with Crippen molar-refractivity contribution in [2.24, 2.45) is 0 Å². The van der Waals surface area contributed by atoms with Gasteiger partial charge in [-0.2, -0.15) is 0 Å². The van der Waals surface area contributed by atoms with E-state index in [9.17, 15) is 22.4 Å². The van der Waals surface area contributed by atoms with E-state index >= 15 is 0 Å². The predicted octanol–water partition coefficient (Wildman–Crippen LogP) is 0.0870. The van der Waals surface area contributed by atoms with Crippen molar-refractivity contribution in [3.8, 4) is 0 Å². The molecule has 0 heterocycles. The number of carbonyl (C=O) groups excluding carboxylic acids is 2. The van der Waals surface area contributed by atoms with Crippen molar-refractivity contribution in [2.75, 3.05) is 20.1 Å². The van der Waals surface area contributed by atoms with Crippen LogP contribution in [0.25, 0.3) is 0 Å². The third-order valence-electron chi connectivity index (χ3n) is 2.79. The number of sulfonamides is 1. The average Bonchev–Trinajstić information content (AvgIpc) is 2.44. The molecule has 0 saturated heterocycles. The highest BCUT2D eigenvalue weighted by Gasteiger charge is 2.18. The van der Waals surface area contributed by atoms with Crippen molar-refractivity contribution in [2.45, 2.75) is 24.8 Å². The Bertz CT molecular complexity index is 659. The van der Waals surface area contributed by atoms with Gasteiger partial charge in [-0.05, 0) is 38.1 Å². The van der Waals surface area contributed by atoms with Crippen molar-refractivity contribution in [1.29, 1.82) is 0 Å². The Morgan fingerprint density at radius 1 is 1.22 bits per heavy atom. The summed E-state index contributed by atoms with van der Waals surface area (Å²) in [6.45, 7) is 2.91. The van der Waals surface area contributed by atoms with Gasteiger partial charge in [-0.25, -0.2) is 17.5 Å². The highest BCUT2D eigenvalue weighted by molar-refractivity contribution is 7.89. The zero-order chi connectivity index (χ0) is 17.6. The molecule has 9 heteroatoms. The Morgan fingerprint density at radius 2 is 1.78 bits per heavy atom. The molecule has 7 nitrogen and oxygen atoms in total. The summed E-state index contributed by atoms with van der Waals surface area (Å²) in [6, 6.07) is 4.17. The Hall–Kier alpha value is -2.00. The summed E-state index contributed by atoms with van der Waals surface area (Å²) in [7, 11) is -2.52. The molecule has 2 amide bonds. The number of likely N-dealkylation sites (N-methyl/N-ethyl adjacent to an activating group) is 1. The van der Waals surface area contributed by atoms with Crippen LogP contribution in [0.2, 0.25) is 0 Å². The summed E-state index contributed by atoms with van der Waals surface area (Å²) < 4.78 is 38.8. The fourth-order valence-corrected chi connectivity index (χ4v) is 2.63. The second-order valence-electron chi connectivity index (χ2n) is 5.25. The first-order chi connectivity index (χ1) is 10.6. The second kappa shape index (κ2) is 8.02. The second-order valence-corrected chi connectivity index (χ2v) is 7.02. The number of hydrogen-bond acceptors (Lipinski definition) is 4. The van der Waals surface area contributed by atoms with Gasteiger partial charge in [0, 0.05) is 13.1 Å². The minimum absolute atomic E-state index is 0.0528. The molecule has 0 aliphatic rings.